The minimum atomic E-state index is 0.692. The zero-order valence-electron chi connectivity index (χ0n) is 12.9. The SMILES string of the molecule is C=C(N(CCCN)CCCN)N(CCCN)CCCN. The normalized spacial score (nSPS) is 10.6. The van der Waals surface area contributed by atoms with Crippen molar-refractivity contribution in [1.29, 1.82) is 0 Å². The Kier molecular flexibility index (Phi) is 12.6. The van der Waals surface area contributed by atoms with Crippen LogP contribution in [0, 0.1) is 0 Å². The molecule has 6 nitrogen and oxygen atoms in total. The zero-order valence-corrected chi connectivity index (χ0v) is 12.9. The lowest BCUT2D eigenvalue weighted by Gasteiger charge is -2.35. The van der Waals surface area contributed by atoms with E-state index in [1.54, 1.807) is 0 Å². The van der Waals surface area contributed by atoms with E-state index in [4.69, 9.17) is 22.9 Å². The molecule has 0 aliphatic rings. The van der Waals surface area contributed by atoms with Gasteiger partial charge in [0.15, 0.2) is 0 Å². The van der Waals surface area contributed by atoms with Crippen LogP contribution in [0.5, 0.6) is 0 Å². The molecule has 0 radical (unpaired) electrons. The molecule has 0 aliphatic heterocycles. The monoisotopic (exact) mass is 286 g/mol. The van der Waals surface area contributed by atoms with Crippen LogP contribution in [0.2, 0.25) is 0 Å². The summed E-state index contributed by atoms with van der Waals surface area (Å²) in [6.45, 7) is 10.7. The molecule has 0 unspecified atom stereocenters. The van der Waals surface area contributed by atoms with Crippen LogP contribution in [0.15, 0.2) is 12.4 Å². The highest BCUT2D eigenvalue weighted by Gasteiger charge is 2.13. The van der Waals surface area contributed by atoms with Crippen molar-refractivity contribution in [2.45, 2.75) is 25.7 Å². The van der Waals surface area contributed by atoms with Gasteiger partial charge in [0.05, 0.1) is 5.82 Å². The lowest BCUT2D eigenvalue weighted by Crippen LogP contribution is -2.39. The van der Waals surface area contributed by atoms with Gasteiger partial charge in [-0.1, -0.05) is 6.58 Å². The molecule has 0 aromatic carbocycles. The first kappa shape index (κ1) is 19.2. The molecule has 0 heterocycles. The van der Waals surface area contributed by atoms with Crippen molar-refractivity contribution in [3.8, 4) is 0 Å². The summed E-state index contributed by atoms with van der Waals surface area (Å²) in [7, 11) is 0. The Hall–Kier alpha value is -0.820. The number of hydrogen-bond donors (Lipinski definition) is 4. The van der Waals surface area contributed by atoms with Crippen LogP contribution < -0.4 is 22.9 Å². The predicted molar refractivity (Wildman–Crippen MR) is 87.0 cm³/mol. The van der Waals surface area contributed by atoms with E-state index in [1.807, 2.05) is 0 Å². The average molecular weight is 286 g/mol. The predicted octanol–water partition coefficient (Wildman–Crippen LogP) is -0.543. The smallest absolute Gasteiger partial charge is 0.0965 e. The Morgan fingerprint density at radius 2 is 0.850 bits per heavy atom. The molecule has 0 atom stereocenters. The van der Waals surface area contributed by atoms with Gasteiger partial charge in [-0.25, -0.2) is 0 Å². The molecule has 0 saturated heterocycles. The molecule has 0 aromatic rings. The summed E-state index contributed by atoms with van der Waals surface area (Å²) < 4.78 is 0. The van der Waals surface area contributed by atoms with Gasteiger partial charge in [-0.05, 0) is 51.9 Å². The highest BCUT2D eigenvalue weighted by molar-refractivity contribution is 4.94. The Morgan fingerprint density at radius 3 is 1.05 bits per heavy atom. The fourth-order valence-corrected chi connectivity index (χ4v) is 2.07. The van der Waals surface area contributed by atoms with Gasteiger partial charge in [0.25, 0.3) is 0 Å². The maximum atomic E-state index is 5.61. The Balaban J connectivity index is 4.54. The van der Waals surface area contributed by atoms with E-state index < -0.39 is 0 Å². The van der Waals surface area contributed by atoms with Gasteiger partial charge in [-0.3, -0.25) is 0 Å². The van der Waals surface area contributed by atoms with E-state index in [-0.39, 0.29) is 0 Å². The van der Waals surface area contributed by atoms with Crippen LogP contribution in [-0.2, 0) is 0 Å². The molecule has 8 N–H and O–H groups in total. The molecule has 120 valence electrons. The molecule has 0 aliphatic carbocycles. The van der Waals surface area contributed by atoms with Crippen LogP contribution in [0.1, 0.15) is 25.7 Å². The van der Waals surface area contributed by atoms with Crippen molar-refractivity contribution < 1.29 is 0 Å². The Morgan fingerprint density at radius 1 is 0.600 bits per heavy atom. The quantitative estimate of drug-likeness (QED) is 0.341. The molecular formula is C14H34N6. The minimum Gasteiger partial charge on any atom is -0.359 e. The molecule has 0 saturated carbocycles. The van der Waals surface area contributed by atoms with E-state index in [1.165, 1.54) is 0 Å². The molecule has 20 heavy (non-hydrogen) atoms. The molecule has 0 amide bonds. The molecule has 0 spiro atoms. The third-order valence-electron chi connectivity index (χ3n) is 3.26. The van der Waals surface area contributed by atoms with Crippen LogP contribution in [0.25, 0.3) is 0 Å². The number of rotatable bonds is 14. The van der Waals surface area contributed by atoms with E-state index >= 15 is 0 Å². The highest BCUT2D eigenvalue weighted by atomic mass is 15.3. The number of hydrogen-bond acceptors (Lipinski definition) is 6. The number of nitrogens with two attached hydrogens (primary N) is 4. The molecule has 6 heteroatoms. The van der Waals surface area contributed by atoms with Gasteiger partial charge in [-0.15, -0.1) is 0 Å². The Labute approximate surface area is 124 Å². The Bertz CT molecular complexity index is 196. The standard InChI is InChI=1S/C14H34N6/c1-14(19(10-2-6-15)11-3-7-16)20(12-4-8-17)13-5-9-18/h1-13,15-18H2. The lowest BCUT2D eigenvalue weighted by molar-refractivity contribution is 0.205. The van der Waals surface area contributed by atoms with E-state index in [2.05, 4.69) is 16.4 Å². The van der Waals surface area contributed by atoms with Crippen LogP contribution >= 0.6 is 0 Å². The summed E-state index contributed by atoms with van der Waals surface area (Å²) in [6.07, 6.45) is 3.85. The van der Waals surface area contributed by atoms with Gasteiger partial charge in [0.1, 0.15) is 0 Å². The maximum Gasteiger partial charge on any atom is 0.0965 e. The summed E-state index contributed by atoms with van der Waals surface area (Å²) >= 11 is 0. The van der Waals surface area contributed by atoms with Crippen molar-refractivity contribution in [2.24, 2.45) is 22.9 Å². The van der Waals surface area contributed by atoms with Crippen LogP contribution in [0.3, 0.4) is 0 Å². The summed E-state index contributed by atoms with van der Waals surface area (Å²) in [6, 6.07) is 0. The first-order valence-corrected chi connectivity index (χ1v) is 7.70. The van der Waals surface area contributed by atoms with E-state index in [9.17, 15) is 0 Å². The second-order valence-electron chi connectivity index (χ2n) is 4.96. The molecule has 0 fully saturated rings. The molecule has 0 aromatic heterocycles. The molecular weight excluding hydrogens is 252 g/mol. The van der Waals surface area contributed by atoms with Gasteiger partial charge >= 0.3 is 0 Å². The summed E-state index contributed by atoms with van der Waals surface area (Å²) in [4.78, 5) is 4.57. The first-order valence-electron chi connectivity index (χ1n) is 7.70. The fourth-order valence-electron chi connectivity index (χ4n) is 2.07. The molecule has 0 rings (SSSR count). The van der Waals surface area contributed by atoms with Gasteiger partial charge in [0.2, 0.25) is 0 Å². The summed E-state index contributed by atoms with van der Waals surface area (Å²) in [5, 5.41) is 0. The number of nitrogens with zero attached hydrogens (tertiary/aromatic N) is 2. The average Bonchev–Trinajstić information content (AvgIpc) is 2.47. The van der Waals surface area contributed by atoms with Gasteiger partial charge in [0, 0.05) is 26.2 Å². The maximum absolute atomic E-state index is 5.61. The summed E-state index contributed by atoms with van der Waals surface area (Å²) in [5.41, 5.74) is 22.5. The van der Waals surface area contributed by atoms with Crippen LogP contribution in [-0.4, -0.2) is 62.2 Å². The fraction of sp³-hybridized carbons (Fsp3) is 0.857. The van der Waals surface area contributed by atoms with Crippen molar-refractivity contribution in [1.82, 2.24) is 9.80 Å². The largest absolute Gasteiger partial charge is 0.359 e. The van der Waals surface area contributed by atoms with Gasteiger partial charge in [-0.2, -0.15) is 0 Å². The first-order chi connectivity index (χ1) is 9.71. The van der Waals surface area contributed by atoms with Crippen molar-refractivity contribution >= 4 is 0 Å². The second kappa shape index (κ2) is 13.2. The zero-order chi connectivity index (χ0) is 15.2. The van der Waals surface area contributed by atoms with Crippen molar-refractivity contribution in [2.75, 3.05) is 52.4 Å². The minimum absolute atomic E-state index is 0.692. The highest BCUT2D eigenvalue weighted by Crippen LogP contribution is 2.11. The topological polar surface area (TPSA) is 111 Å². The lowest BCUT2D eigenvalue weighted by atomic mass is 10.3. The van der Waals surface area contributed by atoms with E-state index in [0.717, 1.165) is 57.7 Å². The van der Waals surface area contributed by atoms with Crippen molar-refractivity contribution in [3.05, 3.63) is 12.4 Å². The van der Waals surface area contributed by atoms with Crippen LogP contribution in [0.4, 0.5) is 0 Å². The van der Waals surface area contributed by atoms with Gasteiger partial charge < -0.3 is 32.7 Å². The van der Waals surface area contributed by atoms with Crippen molar-refractivity contribution in [3.63, 3.8) is 0 Å². The van der Waals surface area contributed by atoms with E-state index in [0.29, 0.717) is 26.2 Å². The summed E-state index contributed by atoms with van der Waals surface area (Å²) in [5.74, 6) is 1.05. The third-order valence-corrected chi connectivity index (χ3v) is 3.26. The second-order valence-corrected chi connectivity index (χ2v) is 4.96. The molecule has 0 bridgehead atoms. The third kappa shape index (κ3) is 8.37.